The van der Waals surface area contributed by atoms with Crippen molar-refractivity contribution in [3.8, 4) is 0 Å². The molecular weight excluding hydrogens is 202 g/mol. The third-order valence-corrected chi connectivity index (χ3v) is 3.56. The lowest BCUT2D eigenvalue weighted by Gasteiger charge is -2.04. The monoisotopic (exact) mass is 223 g/mol. The van der Waals surface area contributed by atoms with Crippen molar-refractivity contribution >= 4 is 9.84 Å². The van der Waals surface area contributed by atoms with E-state index in [0.717, 1.165) is 13.0 Å². The average Bonchev–Trinajstić information content (AvgIpc) is 2.13. The van der Waals surface area contributed by atoms with Crippen LogP contribution in [-0.4, -0.2) is 46.7 Å². The van der Waals surface area contributed by atoms with E-state index in [1.807, 2.05) is 0 Å². The van der Waals surface area contributed by atoms with Crippen LogP contribution in [0.25, 0.3) is 0 Å². The molecule has 0 aromatic carbocycles. The topological polar surface area (TPSA) is 55.4 Å². The molecule has 0 radical (unpaired) electrons. The molecule has 0 aliphatic rings. The van der Waals surface area contributed by atoms with Crippen molar-refractivity contribution < 1.29 is 13.2 Å². The Balaban J connectivity index is 3.52. The highest BCUT2D eigenvalue weighted by Gasteiger charge is 2.09. The van der Waals surface area contributed by atoms with E-state index >= 15 is 0 Å². The summed E-state index contributed by atoms with van der Waals surface area (Å²) in [4.78, 5) is 0. The van der Waals surface area contributed by atoms with Gasteiger partial charge in [-0.05, 0) is 19.4 Å². The molecular formula is C9H21NO3S. The van der Waals surface area contributed by atoms with Crippen molar-refractivity contribution in [1.82, 2.24) is 5.32 Å². The number of rotatable bonds is 9. The first kappa shape index (κ1) is 13.9. The van der Waals surface area contributed by atoms with Crippen molar-refractivity contribution in [2.75, 3.05) is 38.3 Å². The zero-order valence-corrected chi connectivity index (χ0v) is 9.90. The molecule has 0 aromatic heterocycles. The summed E-state index contributed by atoms with van der Waals surface area (Å²) in [6, 6.07) is 0. The number of ether oxygens (including phenoxy) is 1. The number of hydrogen-bond donors (Lipinski definition) is 1. The smallest absolute Gasteiger partial charge is 0.151 e. The standard InChI is InChI=1S/C9H21NO3S/c1-3-5-10-6-9-14(11,12)8-4-7-13-2/h10H,3-9H2,1-2H3. The van der Waals surface area contributed by atoms with Gasteiger partial charge in [0.25, 0.3) is 0 Å². The quantitative estimate of drug-likeness (QED) is 0.576. The maximum Gasteiger partial charge on any atom is 0.151 e. The molecule has 14 heavy (non-hydrogen) atoms. The first-order valence-electron chi connectivity index (χ1n) is 5.02. The molecule has 5 heteroatoms. The van der Waals surface area contributed by atoms with Crippen LogP contribution >= 0.6 is 0 Å². The molecule has 0 heterocycles. The van der Waals surface area contributed by atoms with E-state index in [0.29, 0.717) is 19.6 Å². The summed E-state index contributed by atoms with van der Waals surface area (Å²) < 4.78 is 27.5. The predicted molar refractivity (Wildman–Crippen MR) is 58.3 cm³/mol. The van der Waals surface area contributed by atoms with E-state index in [2.05, 4.69) is 12.2 Å². The zero-order valence-electron chi connectivity index (χ0n) is 9.08. The summed E-state index contributed by atoms with van der Waals surface area (Å²) in [5.74, 6) is 0.464. The maximum absolute atomic E-state index is 11.4. The lowest BCUT2D eigenvalue weighted by atomic mass is 10.5. The van der Waals surface area contributed by atoms with Gasteiger partial charge in [0.2, 0.25) is 0 Å². The van der Waals surface area contributed by atoms with Crippen molar-refractivity contribution in [3.05, 3.63) is 0 Å². The van der Waals surface area contributed by atoms with Crippen LogP contribution in [0.5, 0.6) is 0 Å². The van der Waals surface area contributed by atoms with Crippen molar-refractivity contribution in [3.63, 3.8) is 0 Å². The minimum absolute atomic E-state index is 0.231. The molecule has 0 aliphatic heterocycles. The van der Waals surface area contributed by atoms with Crippen LogP contribution in [0.2, 0.25) is 0 Å². The summed E-state index contributed by atoms with van der Waals surface area (Å²) in [7, 11) is -1.30. The summed E-state index contributed by atoms with van der Waals surface area (Å²) in [6.45, 7) is 4.01. The number of methoxy groups -OCH3 is 1. The van der Waals surface area contributed by atoms with Crippen molar-refractivity contribution in [2.24, 2.45) is 0 Å². The van der Waals surface area contributed by atoms with Gasteiger partial charge in [0.05, 0.1) is 11.5 Å². The van der Waals surface area contributed by atoms with Gasteiger partial charge in [0.1, 0.15) is 0 Å². The van der Waals surface area contributed by atoms with Crippen LogP contribution in [0, 0.1) is 0 Å². The molecule has 0 bridgehead atoms. The van der Waals surface area contributed by atoms with Gasteiger partial charge in [0.15, 0.2) is 9.84 Å². The molecule has 0 atom stereocenters. The number of hydrogen-bond acceptors (Lipinski definition) is 4. The van der Waals surface area contributed by atoms with Crippen LogP contribution in [-0.2, 0) is 14.6 Å². The molecule has 0 spiro atoms. The highest BCUT2D eigenvalue weighted by atomic mass is 32.2. The van der Waals surface area contributed by atoms with Crippen LogP contribution in [0.1, 0.15) is 19.8 Å². The molecule has 4 nitrogen and oxygen atoms in total. The van der Waals surface area contributed by atoms with Crippen LogP contribution in [0.3, 0.4) is 0 Å². The fraction of sp³-hybridized carbons (Fsp3) is 1.00. The third-order valence-electron chi connectivity index (χ3n) is 1.82. The van der Waals surface area contributed by atoms with Gasteiger partial charge in [-0.15, -0.1) is 0 Å². The van der Waals surface area contributed by atoms with Crippen molar-refractivity contribution in [1.29, 1.82) is 0 Å². The Morgan fingerprint density at radius 3 is 2.50 bits per heavy atom. The lowest BCUT2D eigenvalue weighted by Crippen LogP contribution is -2.25. The maximum atomic E-state index is 11.4. The second-order valence-electron chi connectivity index (χ2n) is 3.25. The van der Waals surface area contributed by atoms with E-state index in [9.17, 15) is 8.42 Å². The van der Waals surface area contributed by atoms with Gasteiger partial charge < -0.3 is 10.1 Å². The lowest BCUT2D eigenvalue weighted by molar-refractivity contribution is 0.199. The van der Waals surface area contributed by atoms with Gasteiger partial charge in [0, 0.05) is 20.3 Å². The number of sulfone groups is 1. The van der Waals surface area contributed by atoms with Crippen LogP contribution < -0.4 is 5.32 Å². The second-order valence-corrected chi connectivity index (χ2v) is 5.55. The Labute approximate surface area is 86.9 Å². The molecule has 0 aliphatic carbocycles. The average molecular weight is 223 g/mol. The van der Waals surface area contributed by atoms with E-state index in [-0.39, 0.29) is 11.5 Å². The zero-order chi connectivity index (χ0) is 10.9. The normalized spacial score (nSPS) is 11.9. The minimum Gasteiger partial charge on any atom is -0.385 e. The fourth-order valence-corrected chi connectivity index (χ4v) is 2.27. The van der Waals surface area contributed by atoms with Gasteiger partial charge in [-0.1, -0.05) is 6.92 Å². The van der Waals surface area contributed by atoms with E-state index < -0.39 is 9.84 Å². The summed E-state index contributed by atoms with van der Waals surface area (Å²) in [6.07, 6.45) is 1.62. The van der Waals surface area contributed by atoms with Gasteiger partial charge in [-0.25, -0.2) is 8.42 Å². The number of nitrogens with one attached hydrogen (secondary N) is 1. The summed E-state index contributed by atoms with van der Waals surface area (Å²) >= 11 is 0. The molecule has 0 unspecified atom stereocenters. The molecule has 86 valence electrons. The van der Waals surface area contributed by atoms with Gasteiger partial charge in [-0.3, -0.25) is 0 Å². The molecule has 0 rings (SSSR count). The molecule has 0 saturated heterocycles. The van der Waals surface area contributed by atoms with Crippen LogP contribution in [0.4, 0.5) is 0 Å². The summed E-state index contributed by atoms with van der Waals surface area (Å²) in [5, 5.41) is 3.07. The van der Waals surface area contributed by atoms with Crippen LogP contribution in [0.15, 0.2) is 0 Å². The summed E-state index contributed by atoms with van der Waals surface area (Å²) in [5.41, 5.74) is 0. The largest absolute Gasteiger partial charge is 0.385 e. The van der Waals surface area contributed by atoms with Crippen molar-refractivity contribution in [2.45, 2.75) is 19.8 Å². The fourth-order valence-electron chi connectivity index (χ4n) is 1.05. The van der Waals surface area contributed by atoms with E-state index in [4.69, 9.17) is 4.74 Å². The highest BCUT2D eigenvalue weighted by Crippen LogP contribution is 1.93. The Bertz CT molecular complexity index is 214. The Hall–Kier alpha value is -0.130. The molecule has 0 aromatic rings. The Morgan fingerprint density at radius 2 is 1.93 bits per heavy atom. The minimum atomic E-state index is -2.88. The predicted octanol–water partition coefficient (Wildman–Crippen LogP) is 0.437. The Morgan fingerprint density at radius 1 is 1.21 bits per heavy atom. The van der Waals surface area contributed by atoms with Gasteiger partial charge >= 0.3 is 0 Å². The SMILES string of the molecule is CCCNCCS(=O)(=O)CCCOC. The first-order chi connectivity index (χ1) is 6.62. The molecule has 0 fully saturated rings. The first-order valence-corrected chi connectivity index (χ1v) is 6.84. The molecule has 1 N–H and O–H groups in total. The molecule has 0 saturated carbocycles. The van der Waals surface area contributed by atoms with E-state index in [1.165, 1.54) is 0 Å². The van der Waals surface area contributed by atoms with Gasteiger partial charge in [-0.2, -0.15) is 0 Å². The highest BCUT2D eigenvalue weighted by molar-refractivity contribution is 7.91. The molecule has 0 amide bonds. The second kappa shape index (κ2) is 8.20. The Kier molecular flexibility index (Phi) is 8.12. The third kappa shape index (κ3) is 8.47. The van der Waals surface area contributed by atoms with E-state index in [1.54, 1.807) is 7.11 Å².